The summed E-state index contributed by atoms with van der Waals surface area (Å²) in [6, 6.07) is -0.00926. The highest BCUT2D eigenvalue weighted by Crippen LogP contribution is 1.79. The van der Waals surface area contributed by atoms with Crippen LogP contribution in [0.1, 0.15) is 13.3 Å². The van der Waals surface area contributed by atoms with Crippen molar-refractivity contribution in [1.29, 1.82) is 0 Å². The molecule has 5 N–H and O–H groups in total. The zero-order valence-electron chi connectivity index (χ0n) is 6.73. The largest absolute Gasteiger partial charge is 0.473 e. The molecule has 0 aromatic carbocycles. The molecule has 0 heterocycles. The van der Waals surface area contributed by atoms with E-state index in [-0.39, 0.29) is 12.6 Å². The molecule has 0 aliphatic heterocycles. The van der Waals surface area contributed by atoms with Gasteiger partial charge >= 0.3 is 11.9 Å². The van der Waals surface area contributed by atoms with E-state index in [1.807, 2.05) is 6.92 Å². The Hall–Kier alpha value is -1.14. The van der Waals surface area contributed by atoms with Crippen molar-refractivity contribution in [3.05, 3.63) is 0 Å². The number of aliphatic carboxylic acids is 2. The summed E-state index contributed by atoms with van der Waals surface area (Å²) >= 11 is 0. The van der Waals surface area contributed by atoms with Crippen molar-refractivity contribution in [2.45, 2.75) is 19.4 Å². The van der Waals surface area contributed by atoms with Gasteiger partial charge in [0.15, 0.2) is 0 Å². The topological polar surface area (TPSA) is 121 Å². The number of carboxylic acids is 2. The van der Waals surface area contributed by atoms with E-state index < -0.39 is 11.9 Å². The third kappa shape index (κ3) is 11.6. The van der Waals surface area contributed by atoms with Crippen molar-refractivity contribution in [3.63, 3.8) is 0 Å². The van der Waals surface area contributed by atoms with Gasteiger partial charge in [0.2, 0.25) is 0 Å². The highest BCUT2D eigenvalue weighted by atomic mass is 16.4. The molecule has 72 valence electrons. The average Bonchev–Trinajstić information content (AvgIpc) is 2.04. The lowest BCUT2D eigenvalue weighted by Crippen LogP contribution is -2.22. The van der Waals surface area contributed by atoms with Gasteiger partial charge in [-0.25, -0.2) is 9.59 Å². The van der Waals surface area contributed by atoms with Gasteiger partial charge < -0.3 is 21.1 Å². The SMILES string of the molecule is CCC(N)CO.O=C(O)C(=O)O. The van der Waals surface area contributed by atoms with Crippen LogP contribution in [0.15, 0.2) is 0 Å². The number of carboxylic acid groups (broad SMARTS) is 2. The molecule has 0 bridgehead atoms. The smallest absolute Gasteiger partial charge is 0.414 e. The molecule has 0 saturated carbocycles. The fourth-order valence-corrected chi connectivity index (χ4v) is 0.129. The summed E-state index contributed by atoms with van der Waals surface area (Å²) in [6.07, 6.45) is 0.858. The number of hydrogen-bond donors (Lipinski definition) is 4. The van der Waals surface area contributed by atoms with E-state index >= 15 is 0 Å². The summed E-state index contributed by atoms with van der Waals surface area (Å²) in [5.74, 6) is -3.65. The van der Waals surface area contributed by atoms with Gasteiger partial charge in [0.05, 0.1) is 6.61 Å². The molecular weight excluding hydrogens is 166 g/mol. The highest BCUT2D eigenvalue weighted by molar-refractivity contribution is 6.27. The van der Waals surface area contributed by atoms with Gasteiger partial charge in [-0.1, -0.05) is 6.92 Å². The molecule has 0 aromatic heterocycles. The lowest BCUT2D eigenvalue weighted by Gasteiger charge is -1.98. The first-order chi connectivity index (χ1) is 5.45. The summed E-state index contributed by atoms with van der Waals surface area (Å²) in [5.41, 5.74) is 5.22. The van der Waals surface area contributed by atoms with Crippen molar-refractivity contribution in [3.8, 4) is 0 Å². The summed E-state index contributed by atoms with van der Waals surface area (Å²) in [4.78, 5) is 18.2. The Morgan fingerprint density at radius 2 is 1.67 bits per heavy atom. The molecule has 0 spiro atoms. The van der Waals surface area contributed by atoms with Crippen LogP contribution in [0, 0.1) is 0 Å². The Kier molecular flexibility index (Phi) is 8.92. The molecule has 0 fully saturated rings. The quantitative estimate of drug-likeness (QED) is 0.398. The first-order valence-electron chi connectivity index (χ1n) is 3.28. The van der Waals surface area contributed by atoms with Gasteiger partial charge in [0.25, 0.3) is 0 Å². The number of rotatable bonds is 2. The predicted octanol–water partition coefficient (Wildman–Crippen LogP) is -1.13. The minimum atomic E-state index is -1.82. The molecule has 0 aliphatic carbocycles. The second kappa shape index (κ2) is 7.96. The predicted molar refractivity (Wildman–Crippen MR) is 40.6 cm³/mol. The Labute approximate surface area is 69.6 Å². The van der Waals surface area contributed by atoms with Crippen molar-refractivity contribution in [2.24, 2.45) is 5.73 Å². The Balaban J connectivity index is 0. The van der Waals surface area contributed by atoms with Crippen molar-refractivity contribution in [1.82, 2.24) is 0 Å². The third-order valence-corrected chi connectivity index (χ3v) is 0.942. The van der Waals surface area contributed by atoms with Gasteiger partial charge in [-0.15, -0.1) is 0 Å². The second-order valence-electron chi connectivity index (χ2n) is 1.96. The lowest BCUT2D eigenvalue weighted by molar-refractivity contribution is -0.159. The number of hydrogen-bond acceptors (Lipinski definition) is 4. The average molecular weight is 179 g/mol. The Morgan fingerprint density at radius 3 is 1.67 bits per heavy atom. The molecule has 0 radical (unpaired) electrons. The molecule has 0 aromatic rings. The molecule has 1 atom stereocenters. The van der Waals surface area contributed by atoms with Crippen LogP contribution in [0.4, 0.5) is 0 Å². The maximum absolute atomic E-state index is 9.10. The van der Waals surface area contributed by atoms with Crippen LogP contribution in [0.5, 0.6) is 0 Å². The number of nitrogens with two attached hydrogens (primary N) is 1. The standard InChI is InChI=1S/C4H11NO.C2H2O4/c1-2-4(5)3-6;3-1(4)2(5)6/h4,6H,2-3,5H2,1H3;(H,3,4)(H,5,6). The third-order valence-electron chi connectivity index (χ3n) is 0.942. The van der Waals surface area contributed by atoms with Crippen LogP contribution in [0.2, 0.25) is 0 Å². The van der Waals surface area contributed by atoms with Gasteiger partial charge in [0, 0.05) is 6.04 Å². The van der Waals surface area contributed by atoms with Crippen LogP contribution in [-0.2, 0) is 9.59 Å². The molecule has 1 unspecified atom stereocenters. The molecule has 12 heavy (non-hydrogen) atoms. The van der Waals surface area contributed by atoms with E-state index in [0.717, 1.165) is 6.42 Å². The van der Waals surface area contributed by atoms with E-state index in [9.17, 15) is 0 Å². The van der Waals surface area contributed by atoms with Crippen molar-refractivity contribution in [2.75, 3.05) is 6.61 Å². The van der Waals surface area contributed by atoms with Gasteiger partial charge in [-0.05, 0) is 6.42 Å². The van der Waals surface area contributed by atoms with E-state index in [0.29, 0.717) is 0 Å². The number of aliphatic hydroxyl groups excluding tert-OH is 1. The zero-order valence-corrected chi connectivity index (χ0v) is 6.73. The van der Waals surface area contributed by atoms with Crippen LogP contribution >= 0.6 is 0 Å². The van der Waals surface area contributed by atoms with Crippen molar-refractivity contribution >= 4 is 11.9 Å². The van der Waals surface area contributed by atoms with Gasteiger partial charge in [0.1, 0.15) is 0 Å². The molecule has 0 saturated heterocycles. The number of aliphatic hydroxyl groups is 1. The first-order valence-corrected chi connectivity index (χ1v) is 3.28. The fourth-order valence-electron chi connectivity index (χ4n) is 0.129. The summed E-state index contributed by atoms with van der Waals surface area (Å²) in [5, 5.41) is 23.0. The van der Waals surface area contributed by atoms with Crippen LogP contribution in [0.25, 0.3) is 0 Å². The van der Waals surface area contributed by atoms with Gasteiger partial charge in [-0.3, -0.25) is 0 Å². The summed E-state index contributed by atoms with van der Waals surface area (Å²) in [6.45, 7) is 2.05. The minimum Gasteiger partial charge on any atom is -0.473 e. The molecule has 6 heteroatoms. The fraction of sp³-hybridized carbons (Fsp3) is 0.667. The maximum Gasteiger partial charge on any atom is 0.414 e. The monoisotopic (exact) mass is 179 g/mol. The van der Waals surface area contributed by atoms with Crippen LogP contribution < -0.4 is 5.73 Å². The van der Waals surface area contributed by atoms with Crippen LogP contribution in [0.3, 0.4) is 0 Å². The molecule has 6 nitrogen and oxygen atoms in total. The molecular formula is C6H13NO5. The Bertz CT molecular complexity index is 131. The molecule has 0 amide bonds. The number of carbonyl (C=O) groups is 2. The van der Waals surface area contributed by atoms with E-state index in [1.165, 1.54) is 0 Å². The van der Waals surface area contributed by atoms with Crippen molar-refractivity contribution < 1.29 is 24.9 Å². The van der Waals surface area contributed by atoms with E-state index in [2.05, 4.69) is 0 Å². The second-order valence-corrected chi connectivity index (χ2v) is 1.96. The maximum atomic E-state index is 9.10. The zero-order chi connectivity index (χ0) is 10.1. The first kappa shape index (κ1) is 13.4. The lowest BCUT2D eigenvalue weighted by atomic mass is 10.3. The normalized spacial score (nSPS) is 10.9. The Morgan fingerprint density at radius 1 is 1.33 bits per heavy atom. The van der Waals surface area contributed by atoms with Gasteiger partial charge in [-0.2, -0.15) is 0 Å². The van der Waals surface area contributed by atoms with E-state index in [4.69, 9.17) is 30.6 Å². The van der Waals surface area contributed by atoms with E-state index in [1.54, 1.807) is 0 Å². The summed E-state index contributed by atoms with van der Waals surface area (Å²) in [7, 11) is 0. The minimum absolute atomic E-state index is 0.00926. The summed E-state index contributed by atoms with van der Waals surface area (Å²) < 4.78 is 0. The molecule has 0 aliphatic rings. The highest BCUT2D eigenvalue weighted by Gasteiger charge is 2.04. The van der Waals surface area contributed by atoms with Crippen LogP contribution in [-0.4, -0.2) is 39.9 Å². The molecule has 0 rings (SSSR count).